The van der Waals surface area contributed by atoms with Crippen molar-refractivity contribution in [2.24, 2.45) is 7.05 Å². The molecule has 1 fully saturated rings. The Kier molecular flexibility index (Phi) is 9.39. The molecular formula is C34H43ClN6O4. The van der Waals surface area contributed by atoms with Gasteiger partial charge in [0.15, 0.2) is 0 Å². The van der Waals surface area contributed by atoms with Gasteiger partial charge in [0, 0.05) is 44.4 Å². The number of carbonyl (C=O) groups is 2. The van der Waals surface area contributed by atoms with E-state index in [4.69, 9.17) is 26.1 Å². The Morgan fingerprint density at radius 2 is 1.80 bits per heavy atom. The van der Waals surface area contributed by atoms with Crippen LogP contribution in [0.1, 0.15) is 81.7 Å². The molecule has 2 amide bonds. The van der Waals surface area contributed by atoms with E-state index in [9.17, 15) is 9.59 Å². The third kappa shape index (κ3) is 7.74. The first kappa shape index (κ1) is 32.7. The van der Waals surface area contributed by atoms with Gasteiger partial charge in [-0.2, -0.15) is 0 Å². The molecule has 240 valence electrons. The van der Waals surface area contributed by atoms with Gasteiger partial charge in [-0.25, -0.2) is 9.78 Å². The van der Waals surface area contributed by atoms with Crippen molar-refractivity contribution < 1.29 is 19.1 Å². The lowest BCUT2D eigenvalue weighted by Gasteiger charge is -2.40. The standard InChI is InChI=1S/C34H43ClN6O4/c1-33(2,3)44-20-28(42)38-30(27-19-36-21-39(27)7)26-17-22-9-8-12-37-29(22)31(24-11-10-23(35)18-25(24)26)40-13-15-41(16-14-40)32(43)45-34(4,5)6/h8-12,17-19,21,30-31H,13-16,20H2,1-7H3,(H,38,42). The summed E-state index contributed by atoms with van der Waals surface area (Å²) >= 11 is 6.67. The van der Waals surface area contributed by atoms with Gasteiger partial charge in [-0.3, -0.25) is 14.7 Å². The van der Waals surface area contributed by atoms with Crippen LogP contribution >= 0.6 is 11.6 Å². The van der Waals surface area contributed by atoms with E-state index in [0.717, 1.165) is 33.7 Å². The van der Waals surface area contributed by atoms with Gasteiger partial charge in [0.2, 0.25) is 5.91 Å². The van der Waals surface area contributed by atoms with Crippen LogP contribution in [0.25, 0.3) is 11.6 Å². The minimum atomic E-state index is -0.558. The lowest BCUT2D eigenvalue weighted by atomic mass is 9.89. The maximum atomic E-state index is 13.4. The lowest BCUT2D eigenvalue weighted by Crippen LogP contribution is -2.51. The summed E-state index contributed by atoms with van der Waals surface area (Å²) in [5.74, 6) is -0.244. The number of halogens is 1. The fraction of sp³-hybridized carbons (Fsp3) is 0.471. The van der Waals surface area contributed by atoms with Gasteiger partial charge < -0.3 is 24.3 Å². The normalized spacial score (nSPS) is 17.9. The highest BCUT2D eigenvalue weighted by Crippen LogP contribution is 2.44. The number of hydrogen-bond acceptors (Lipinski definition) is 7. The number of nitrogens with one attached hydrogen (secondary N) is 1. The number of ether oxygens (including phenoxy) is 2. The smallest absolute Gasteiger partial charge is 0.410 e. The van der Waals surface area contributed by atoms with Crippen LogP contribution in [0.5, 0.6) is 0 Å². The first-order valence-electron chi connectivity index (χ1n) is 15.3. The van der Waals surface area contributed by atoms with E-state index < -0.39 is 17.2 Å². The first-order valence-corrected chi connectivity index (χ1v) is 15.7. The number of piperazine rings is 1. The van der Waals surface area contributed by atoms with E-state index in [2.05, 4.69) is 21.3 Å². The van der Waals surface area contributed by atoms with Crippen molar-refractivity contribution >= 4 is 35.3 Å². The molecule has 0 bridgehead atoms. The molecule has 5 rings (SSSR count). The molecule has 2 aliphatic rings. The number of nitrogens with zero attached hydrogens (tertiary/aromatic N) is 5. The van der Waals surface area contributed by atoms with E-state index in [1.807, 2.05) is 83.5 Å². The highest BCUT2D eigenvalue weighted by atomic mass is 35.5. The zero-order valence-corrected chi connectivity index (χ0v) is 27.9. The molecule has 2 unspecified atom stereocenters. The van der Waals surface area contributed by atoms with E-state index >= 15 is 0 Å². The number of fused-ring (bicyclic) bond motifs is 2. The lowest BCUT2D eigenvalue weighted by molar-refractivity contribution is -0.131. The molecule has 2 aromatic heterocycles. The number of aromatic nitrogens is 3. The van der Waals surface area contributed by atoms with E-state index in [1.165, 1.54) is 0 Å². The van der Waals surface area contributed by atoms with Crippen molar-refractivity contribution in [1.29, 1.82) is 0 Å². The molecule has 1 aliphatic heterocycles. The van der Waals surface area contributed by atoms with Gasteiger partial charge in [-0.15, -0.1) is 0 Å². The predicted octanol–water partition coefficient (Wildman–Crippen LogP) is 5.64. The highest BCUT2D eigenvalue weighted by Gasteiger charge is 2.36. The number of amides is 2. The monoisotopic (exact) mass is 634 g/mol. The second-order valence-corrected chi connectivity index (χ2v) is 14.0. The number of hydrogen-bond donors (Lipinski definition) is 1. The summed E-state index contributed by atoms with van der Waals surface area (Å²) in [6.45, 7) is 13.6. The van der Waals surface area contributed by atoms with Crippen LogP contribution in [0.2, 0.25) is 5.02 Å². The number of benzene rings is 1. The molecular weight excluding hydrogens is 592 g/mol. The molecule has 10 nitrogen and oxygen atoms in total. The number of carbonyl (C=O) groups excluding carboxylic acids is 2. The predicted molar refractivity (Wildman–Crippen MR) is 175 cm³/mol. The van der Waals surface area contributed by atoms with Crippen molar-refractivity contribution in [2.45, 2.75) is 64.8 Å². The number of rotatable bonds is 6. The van der Waals surface area contributed by atoms with Crippen LogP contribution in [0, 0.1) is 0 Å². The average molecular weight is 635 g/mol. The SMILES string of the molecule is Cn1cncc1C(NC(=O)COC(C)(C)C)C1=Cc2cccnc2C(N2CCN(C(=O)OC(C)(C)C)CC2)c2ccc(Cl)cc21. The Balaban J connectivity index is 1.55. The van der Waals surface area contributed by atoms with Gasteiger partial charge in [-0.1, -0.05) is 23.7 Å². The largest absolute Gasteiger partial charge is 0.444 e. The molecule has 2 atom stereocenters. The Morgan fingerprint density at radius 1 is 1.07 bits per heavy atom. The molecule has 3 aromatic rings. The molecule has 1 aliphatic carbocycles. The number of aryl methyl sites for hydroxylation is 1. The quantitative estimate of drug-likeness (QED) is 0.375. The molecule has 0 radical (unpaired) electrons. The molecule has 0 saturated carbocycles. The zero-order valence-electron chi connectivity index (χ0n) is 27.1. The summed E-state index contributed by atoms with van der Waals surface area (Å²) in [4.78, 5) is 39.6. The summed E-state index contributed by atoms with van der Waals surface area (Å²) in [5.41, 5.74) is 4.41. The Hall–Kier alpha value is -3.73. The van der Waals surface area contributed by atoms with Gasteiger partial charge in [0.25, 0.3) is 0 Å². The number of imidazole rings is 1. The Morgan fingerprint density at radius 3 is 2.44 bits per heavy atom. The second kappa shape index (κ2) is 12.9. The maximum Gasteiger partial charge on any atom is 0.410 e. The second-order valence-electron chi connectivity index (χ2n) is 13.5. The van der Waals surface area contributed by atoms with Crippen molar-refractivity contribution in [2.75, 3.05) is 32.8 Å². The number of pyridine rings is 1. The first-order chi connectivity index (χ1) is 21.2. The van der Waals surface area contributed by atoms with Crippen LogP contribution in [0.3, 0.4) is 0 Å². The molecule has 1 saturated heterocycles. The summed E-state index contributed by atoms with van der Waals surface area (Å²) in [5, 5.41) is 3.81. The van der Waals surface area contributed by atoms with Gasteiger partial charge in [0.1, 0.15) is 12.2 Å². The van der Waals surface area contributed by atoms with Crippen molar-refractivity contribution in [3.05, 3.63) is 82.2 Å². The van der Waals surface area contributed by atoms with Crippen LogP contribution < -0.4 is 5.32 Å². The maximum absolute atomic E-state index is 13.4. The topological polar surface area (TPSA) is 102 Å². The third-order valence-corrected chi connectivity index (χ3v) is 8.03. The minimum Gasteiger partial charge on any atom is -0.444 e. The van der Waals surface area contributed by atoms with E-state index in [0.29, 0.717) is 31.2 Å². The van der Waals surface area contributed by atoms with Crippen LogP contribution in [0.4, 0.5) is 4.79 Å². The summed E-state index contributed by atoms with van der Waals surface area (Å²) in [6.07, 6.45) is 7.09. The zero-order chi connectivity index (χ0) is 32.5. The van der Waals surface area contributed by atoms with Crippen LogP contribution in [0.15, 0.2) is 49.1 Å². The molecule has 11 heteroatoms. The summed E-state index contributed by atoms with van der Waals surface area (Å²) in [6, 6.07) is 9.10. The third-order valence-electron chi connectivity index (χ3n) is 7.80. The molecule has 3 heterocycles. The van der Waals surface area contributed by atoms with Crippen molar-refractivity contribution in [3.8, 4) is 0 Å². The molecule has 1 aromatic carbocycles. The van der Waals surface area contributed by atoms with Crippen molar-refractivity contribution in [1.82, 2.24) is 29.7 Å². The fourth-order valence-corrected chi connectivity index (χ4v) is 5.90. The van der Waals surface area contributed by atoms with E-state index in [-0.39, 0.29) is 24.6 Å². The van der Waals surface area contributed by atoms with Gasteiger partial charge >= 0.3 is 6.09 Å². The summed E-state index contributed by atoms with van der Waals surface area (Å²) < 4.78 is 13.4. The Bertz CT molecular complexity index is 1580. The minimum absolute atomic E-state index is 0.0871. The van der Waals surface area contributed by atoms with Gasteiger partial charge in [0.05, 0.1) is 41.6 Å². The Labute approximate surface area is 270 Å². The molecule has 45 heavy (non-hydrogen) atoms. The molecule has 0 spiro atoms. The summed E-state index contributed by atoms with van der Waals surface area (Å²) in [7, 11) is 1.91. The highest BCUT2D eigenvalue weighted by molar-refractivity contribution is 6.30. The fourth-order valence-electron chi connectivity index (χ4n) is 5.73. The molecule has 1 N–H and O–H groups in total. The van der Waals surface area contributed by atoms with Crippen LogP contribution in [-0.2, 0) is 21.3 Å². The average Bonchev–Trinajstić information content (AvgIpc) is 3.33. The van der Waals surface area contributed by atoms with Crippen LogP contribution in [-0.4, -0.2) is 80.3 Å². The van der Waals surface area contributed by atoms with Gasteiger partial charge in [-0.05, 0) is 88.1 Å². The van der Waals surface area contributed by atoms with E-state index in [1.54, 1.807) is 23.6 Å². The van der Waals surface area contributed by atoms with Crippen molar-refractivity contribution in [3.63, 3.8) is 0 Å².